The monoisotopic (exact) mass is 435 g/mol. The Hall–Kier alpha value is -3.58. The van der Waals surface area contributed by atoms with Gasteiger partial charge in [-0.3, -0.25) is 14.5 Å². The highest BCUT2D eigenvalue weighted by molar-refractivity contribution is 5.97. The quantitative estimate of drug-likeness (QED) is 0.666. The minimum atomic E-state index is -0.537. The van der Waals surface area contributed by atoms with Crippen molar-refractivity contribution < 1.29 is 18.4 Å². The van der Waals surface area contributed by atoms with E-state index >= 15 is 0 Å². The number of nitrogens with two attached hydrogens (primary N) is 1. The molecule has 0 unspecified atom stereocenters. The van der Waals surface area contributed by atoms with Gasteiger partial charge in [0.2, 0.25) is 5.91 Å². The highest BCUT2D eigenvalue weighted by Crippen LogP contribution is 2.30. The molecule has 5 nitrogen and oxygen atoms in total. The molecule has 0 bridgehead atoms. The zero-order valence-electron chi connectivity index (χ0n) is 17.4. The second-order valence-corrected chi connectivity index (χ2v) is 7.78. The summed E-state index contributed by atoms with van der Waals surface area (Å²) < 4.78 is 27.0. The van der Waals surface area contributed by atoms with Gasteiger partial charge < -0.3 is 10.6 Å². The normalized spacial score (nSPS) is 14.5. The van der Waals surface area contributed by atoms with E-state index in [1.54, 1.807) is 53.4 Å². The molecule has 32 heavy (non-hydrogen) atoms. The number of amides is 2. The standard InChI is InChI=1S/C25H23F2N3O2/c26-21-9-5-17(6-10-21)23(18-7-11-22(27)12-8-18)29-13-15-30(16-14-29)25(32)20-3-1-19(2-4-20)24(28)31/h1-12,23H,13-16H2,(H2,28,31). The minimum Gasteiger partial charge on any atom is -0.366 e. The van der Waals surface area contributed by atoms with Crippen LogP contribution in [0.4, 0.5) is 8.78 Å². The lowest BCUT2D eigenvalue weighted by molar-refractivity contribution is 0.0597. The number of primary amides is 1. The summed E-state index contributed by atoms with van der Waals surface area (Å²) in [6.07, 6.45) is 0. The van der Waals surface area contributed by atoms with Crippen molar-refractivity contribution in [2.75, 3.05) is 26.2 Å². The molecule has 1 aliphatic rings. The van der Waals surface area contributed by atoms with Crippen LogP contribution in [0.2, 0.25) is 0 Å². The van der Waals surface area contributed by atoms with Crippen LogP contribution in [0.1, 0.15) is 37.9 Å². The fourth-order valence-corrected chi connectivity index (χ4v) is 4.05. The van der Waals surface area contributed by atoms with Gasteiger partial charge in [0.25, 0.3) is 5.91 Å². The molecular weight excluding hydrogens is 412 g/mol. The number of hydrogen-bond donors (Lipinski definition) is 1. The molecule has 7 heteroatoms. The molecule has 3 aromatic rings. The summed E-state index contributed by atoms with van der Waals surface area (Å²) in [7, 11) is 0. The van der Waals surface area contributed by atoms with Crippen LogP contribution in [0.3, 0.4) is 0 Å². The first-order valence-electron chi connectivity index (χ1n) is 10.4. The molecule has 3 aromatic carbocycles. The molecule has 1 heterocycles. The van der Waals surface area contributed by atoms with E-state index in [1.807, 2.05) is 0 Å². The van der Waals surface area contributed by atoms with Crippen LogP contribution < -0.4 is 5.73 Å². The van der Waals surface area contributed by atoms with Crippen LogP contribution >= 0.6 is 0 Å². The number of hydrogen-bond acceptors (Lipinski definition) is 3. The maximum absolute atomic E-state index is 13.5. The third-order valence-corrected chi connectivity index (χ3v) is 5.75. The van der Waals surface area contributed by atoms with Crippen LogP contribution in [0.15, 0.2) is 72.8 Å². The van der Waals surface area contributed by atoms with Crippen LogP contribution in [0, 0.1) is 11.6 Å². The number of halogens is 2. The highest BCUT2D eigenvalue weighted by Gasteiger charge is 2.28. The van der Waals surface area contributed by atoms with Crippen molar-refractivity contribution in [1.82, 2.24) is 9.80 Å². The average Bonchev–Trinajstić information content (AvgIpc) is 2.82. The van der Waals surface area contributed by atoms with Gasteiger partial charge in [0.15, 0.2) is 0 Å². The Bertz CT molecular complexity index is 1050. The predicted molar refractivity (Wildman–Crippen MR) is 117 cm³/mol. The van der Waals surface area contributed by atoms with E-state index < -0.39 is 5.91 Å². The van der Waals surface area contributed by atoms with E-state index in [1.165, 1.54) is 24.3 Å². The number of nitrogens with zero attached hydrogens (tertiary/aromatic N) is 2. The predicted octanol–water partition coefficient (Wildman–Crippen LogP) is 3.61. The van der Waals surface area contributed by atoms with Crippen LogP contribution in [-0.2, 0) is 0 Å². The van der Waals surface area contributed by atoms with Crippen molar-refractivity contribution in [3.05, 3.63) is 107 Å². The van der Waals surface area contributed by atoms with Crippen LogP contribution in [0.5, 0.6) is 0 Å². The fourth-order valence-electron chi connectivity index (χ4n) is 4.05. The van der Waals surface area contributed by atoms with Crippen molar-refractivity contribution in [1.29, 1.82) is 0 Å². The van der Waals surface area contributed by atoms with E-state index in [2.05, 4.69) is 4.90 Å². The minimum absolute atomic E-state index is 0.110. The van der Waals surface area contributed by atoms with Crippen molar-refractivity contribution in [3.8, 4) is 0 Å². The molecule has 0 spiro atoms. The molecule has 1 fully saturated rings. The third kappa shape index (κ3) is 4.68. The van der Waals surface area contributed by atoms with Gasteiger partial charge in [-0.25, -0.2) is 8.78 Å². The molecule has 0 saturated carbocycles. The largest absolute Gasteiger partial charge is 0.366 e. The summed E-state index contributed by atoms with van der Waals surface area (Å²) in [4.78, 5) is 28.1. The molecule has 1 saturated heterocycles. The SMILES string of the molecule is NC(=O)c1ccc(C(=O)N2CCN(C(c3ccc(F)cc3)c3ccc(F)cc3)CC2)cc1. The number of carbonyl (C=O) groups excluding carboxylic acids is 2. The molecule has 4 rings (SSSR count). The van der Waals surface area contributed by atoms with Gasteiger partial charge in [0.05, 0.1) is 6.04 Å². The molecule has 0 atom stereocenters. The van der Waals surface area contributed by atoms with Crippen molar-refractivity contribution >= 4 is 11.8 Å². The van der Waals surface area contributed by atoms with Crippen molar-refractivity contribution in [3.63, 3.8) is 0 Å². The Morgan fingerprint density at radius 3 is 1.56 bits per heavy atom. The first-order valence-corrected chi connectivity index (χ1v) is 10.4. The van der Waals surface area contributed by atoms with Gasteiger partial charge in [-0.05, 0) is 59.7 Å². The summed E-state index contributed by atoms with van der Waals surface area (Å²) >= 11 is 0. The topological polar surface area (TPSA) is 66.6 Å². The van der Waals surface area contributed by atoms with E-state index in [-0.39, 0.29) is 23.6 Å². The first kappa shape index (κ1) is 21.6. The zero-order chi connectivity index (χ0) is 22.7. The molecule has 0 aromatic heterocycles. The van der Waals surface area contributed by atoms with E-state index in [4.69, 9.17) is 5.73 Å². The summed E-state index contributed by atoms with van der Waals surface area (Å²) in [6.45, 7) is 2.22. The Kier molecular flexibility index (Phi) is 6.28. The Morgan fingerprint density at radius 1 is 0.688 bits per heavy atom. The summed E-state index contributed by atoms with van der Waals surface area (Å²) in [5, 5.41) is 0. The Balaban J connectivity index is 1.50. The van der Waals surface area contributed by atoms with Gasteiger partial charge in [0, 0.05) is 37.3 Å². The molecule has 0 radical (unpaired) electrons. The second kappa shape index (κ2) is 9.28. The highest BCUT2D eigenvalue weighted by atomic mass is 19.1. The number of piperazine rings is 1. The molecule has 2 N–H and O–H groups in total. The number of rotatable bonds is 5. The maximum atomic E-state index is 13.5. The van der Waals surface area contributed by atoms with Crippen LogP contribution in [0.25, 0.3) is 0 Å². The van der Waals surface area contributed by atoms with Crippen molar-refractivity contribution in [2.24, 2.45) is 5.73 Å². The number of benzene rings is 3. The van der Waals surface area contributed by atoms with E-state index in [0.29, 0.717) is 37.3 Å². The maximum Gasteiger partial charge on any atom is 0.253 e. The molecule has 1 aliphatic heterocycles. The van der Waals surface area contributed by atoms with Gasteiger partial charge in [0.1, 0.15) is 11.6 Å². The van der Waals surface area contributed by atoms with Gasteiger partial charge in [-0.2, -0.15) is 0 Å². The molecular formula is C25H23F2N3O2. The fraction of sp³-hybridized carbons (Fsp3) is 0.200. The molecule has 2 amide bonds. The third-order valence-electron chi connectivity index (χ3n) is 5.75. The number of carbonyl (C=O) groups is 2. The summed E-state index contributed by atoms with van der Waals surface area (Å²) in [5.41, 5.74) is 7.91. The lowest BCUT2D eigenvalue weighted by Crippen LogP contribution is -2.49. The smallest absolute Gasteiger partial charge is 0.253 e. The van der Waals surface area contributed by atoms with E-state index in [0.717, 1.165) is 11.1 Å². The first-order chi connectivity index (χ1) is 15.4. The summed E-state index contributed by atoms with van der Waals surface area (Å²) in [6, 6.07) is 18.7. The van der Waals surface area contributed by atoms with Gasteiger partial charge in [-0.1, -0.05) is 24.3 Å². The average molecular weight is 435 g/mol. The lowest BCUT2D eigenvalue weighted by atomic mass is 9.96. The van der Waals surface area contributed by atoms with Gasteiger partial charge in [-0.15, -0.1) is 0 Å². The Morgan fingerprint density at radius 2 is 1.12 bits per heavy atom. The summed E-state index contributed by atoms with van der Waals surface area (Å²) in [5.74, 6) is -1.28. The van der Waals surface area contributed by atoms with E-state index in [9.17, 15) is 18.4 Å². The second-order valence-electron chi connectivity index (χ2n) is 7.78. The zero-order valence-corrected chi connectivity index (χ0v) is 17.4. The van der Waals surface area contributed by atoms with Crippen molar-refractivity contribution in [2.45, 2.75) is 6.04 Å². The van der Waals surface area contributed by atoms with Crippen LogP contribution in [-0.4, -0.2) is 47.8 Å². The Labute approximate surface area is 185 Å². The van der Waals surface area contributed by atoms with Gasteiger partial charge >= 0.3 is 0 Å². The molecule has 0 aliphatic carbocycles. The molecule has 164 valence electrons. The lowest BCUT2D eigenvalue weighted by Gasteiger charge is -2.39.